The Balaban J connectivity index is 2.43. The molecule has 2 heterocycles. The molecule has 1 N–H and O–H groups in total. The van der Waals surface area contributed by atoms with Crippen LogP contribution in [-0.2, 0) is 14.6 Å². The predicted molar refractivity (Wildman–Crippen MR) is 59.8 cm³/mol. The summed E-state index contributed by atoms with van der Waals surface area (Å²) in [5.74, 6) is 0. The molecule has 1 aromatic heterocycles. The number of aliphatic hydroxyl groups excluding tert-OH is 1. The normalized spacial score (nSPS) is 19.9. The van der Waals surface area contributed by atoms with Crippen LogP contribution in [0.2, 0.25) is 0 Å². The third kappa shape index (κ3) is 1.66. The highest BCUT2D eigenvalue weighted by molar-refractivity contribution is 9.11. The number of thiophene rings is 1. The van der Waals surface area contributed by atoms with Crippen molar-refractivity contribution in [2.75, 3.05) is 19.8 Å². The minimum atomic E-state index is -3.48. The summed E-state index contributed by atoms with van der Waals surface area (Å²) >= 11 is 4.36. The van der Waals surface area contributed by atoms with Crippen LogP contribution >= 0.6 is 27.3 Å². The van der Waals surface area contributed by atoms with Crippen molar-refractivity contribution in [1.82, 2.24) is 0 Å². The maximum Gasteiger partial charge on any atom is 0.200 e. The summed E-state index contributed by atoms with van der Waals surface area (Å²) in [6.45, 7) is -0.256. The quantitative estimate of drug-likeness (QED) is 0.906. The molecule has 1 fully saturated rings. The second kappa shape index (κ2) is 3.81. The lowest BCUT2D eigenvalue weighted by Crippen LogP contribution is -2.58. The summed E-state index contributed by atoms with van der Waals surface area (Å²) in [6, 6.07) is 3.22. The molecule has 0 atom stereocenters. The molecular weight excluding hydrogens is 304 g/mol. The smallest absolute Gasteiger partial charge is 0.200 e. The van der Waals surface area contributed by atoms with E-state index in [1.165, 1.54) is 0 Å². The minimum absolute atomic E-state index is 0.0708. The van der Waals surface area contributed by atoms with Gasteiger partial charge >= 0.3 is 0 Å². The molecule has 1 aromatic rings. The van der Waals surface area contributed by atoms with Gasteiger partial charge in [-0.25, -0.2) is 8.42 Å². The first-order valence-corrected chi connectivity index (χ1v) is 7.30. The zero-order valence-electron chi connectivity index (χ0n) is 7.64. The topological polar surface area (TPSA) is 63.6 Å². The summed E-state index contributed by atoms with van der Waals surface area (Å²) in [6.07, 6.45) is 0. The summed E-state index contributed by atoms with van der Waals surface area (Å²) in [5.41, 5.74) is 0. The number of halogens is 1. The van der Waals surface area contributed by atoms with Crippen LogP contribution in [0.15, 0.2) is 20.1 Å². The Labute approximate surface area is 99.9 Å². The molecule has 0 amide bonds. The standard InChI is InChI=1S/C8H9BrO4S2/c9-6-1-2-7(14-6)15(11,12)8(3-10)4-13-5-8/h1-2,10H,3-5H2. The zero-order chi connectivity index (χ0) is 11.1. The lowest BCUT2D eigenvalue weighted by atomic mass is 10.1. The van der Waals surface area contributed by atoms with Gasteiger partial charge in [-0.1, -0.05) is 0 Å². The first-order valence-electron chi connectivity index (χ1n) is 4.20. The second-order valence-electron chi connectivity index (χ2n) is 3.40. The molecule has 0 radical (unpaired) electrons. The van der Waals surface area contributed by atoms with Gasteiger partial charge in [0, 0.05) is 0 Å². The van der Waals surface area contributed by atoms with Gasteiger partial charge in [0.2, 0.25) is 0 Å². The van der Waals surface area contributed by atoms with Crippen LogP contribution in [0, 0.1) is 0 Å². The Morgan fingerprint density at radius 1 is 1.53 bits per heavy atom. The summed E-state index contributed by atoms with van der Waals surface area (Å²) < 4.78 is 29.1. The average molecular weight is 313 g/mol. The van der Waals surface area contributed by atoms with Crippen molar-refractivity contribution < 1.29 is 18.3 Å². The summed E-state index contributed by atoms with van der Waals surface area (Å²) in [5, 5.41) is 9.17. The summed E-state index contributed by atoms with van der Waals surface area (Å²) in [4.78, 5) is 0. The Bertz CT molecular complexity index is 455. The fraction of sp³-hybridized carbons (Fsp3) is 0.500. The van der Waals surface area contributed by atoms with Crippen LogP contribution in [0.5, 0.6) is 0 Å². The van der Waals surface area contributed by atoms with E-state index in [4.69, 9.17) is 4.74 Å². The van der Waals surface area contributed by atoms with Gasteiger partial charge in [0.25, 0.3) is 0 Å². The maximum atomic E-state index is 12.1. The van der Waals surface area contributed by atoms with Gasteiger partial charge in [-0.15, -0.1) is 11.3 Å². The lowest BCUT2D eigenvalue weighted by Gasteiger charge is -2.38. The van der Waals surface area contributed by atoms with Gasteiger partial charge in [0.15, 0.2) is 9.84 Å². The molecule has 84 valence electrons. The van der Waals surface area contributed by atoms with Crippen LogP contribution in [0.25, 0.3) is 0 Å². The molecule has 0 aliphatic carbocycles. The number of hydrogen-bond donors (Lipinski definition) is 1. The fourth-order valence-electron chi connectivity index (χ4n) is 1.32. The van der Waals surface area contributed by atoms with E-state index in [1.807, 2.05) is 0 Å². The Hall–Kier alpha value is 0.0500. The number of aliphatic hydroxyl groups is 1. The summed E-state index contributed by atoms with van der Waals surface area (Å²) in [7, 11) is -3.48. The monoisotopic (exact) mass is 312 g/mol. The predicted octanol–water partition coefficient (Wildman–Crippen LogP) is 1.05. The molecule has 1 aliphatic rings. The van der Waals surface area contributed by atoms with E-state index in [9.17, 15) is 13.5 Å². The lowest BCUT2D eigenvalue weighted by molar-refractivity contribution is -0.0366. The molecule has 2 rings (SSSR count). The number of rotatable bonds is 3. The van der Waals surface area contributed by atoms with Gasteiger partial charge in [-0.3, -0.25) is 0 Å². The molecule has 7 heteroatoms. The number of hydrogen-bond acceptors (Lipinski definition) is 5. The van der Waals surface area contributed by atoms with Crippen LogP contribution in [0.4, 0.5) is 0 Å². The maximum absolute atomic E-state index is 12.1. The zero-order valence-corrected chi connectivity index (χ0v) is 10.9. The largest absolute Gasteiger partial charge is 0.395 e. The van der Waals surface area contributed by atoms with E-state index in [0.29, 0.717) is 0 Å². The molecule has 15 heavy (non-hydrogen) atoms. The highest BCUT2D eigenvalue weighted by atomic mass is 79.9. The van der Waals surface area contributed by atoms with Crippen molar-refractivity contribution in [3.63, 3.8) is 0 Å². The van der Waals surface area contributed by atoms with Crippen molar-refractivity contribution in [3.8, 4) is 0 Å². The third-order valence-electron chi connectivity index (χ3n) is 2.40. The Kier molecular flexibility index (Phi) is 2.93. The molecule has 0 aromatic carbocycles. The molecular formula is C8H9BrO4S2. The molecule has 1 saturated heterocycles. The fourth-order valence-corrected chi connectivity index (χ4v) is 5.32. The Morgan fingerprint density at radius 3 is 2.53 bits per heavy atom. The van der Waals surface area contributed by atoms with Crippen LogP contribution in [0.1, 0.15) is 0 Å². The van der Waals surface area contributed by atoms with Crippen molar-refractivity contribution in [2.45, 2.75) is 8.96 Å². The van der Waals surface area contributed by atoms with Crippen LogP contribution < -0.4 is 0 Å². The van der Waals surface area contributed by atoms with Gasteiger partial charge in [-0.2, -0.15) is 0 Å². The van der Waals surface area contributed by atoms with Crippen molar-refractivity contribution >= 4 is 37.1 Å². The van der Waals surface area contributed by atoms with Gasteiger partial charge in [-0.05, 0) is 28.1 Å². The molecule has 0 unspecified atom stereocenters. The first-order chi connectivity index (χ1) is 7.02. The second-order valence-corrected chi connectivity index (χ2v) is 8.43. The van der Waals surface area contributed by atoms with Gasteiger partial charge in [0.1, 0.15) is 8.96 Å². The Morgan fingerprint density at radius 2 is 2.20 bits per heavy atom. The highest BCUT2D eigenvalue weighted by Gasteiger charge is 2.51. The van der Waals surface area contributed by atoms with E-state index < -0.39 is 21.2 Å². The third-order valence-corrected chi connectivity index (χ3v) is 6.90. The molecule has 0 bridgehead atoms. The van der Waals surface area contributed by atoms with E-state index in [1.54, 1.807) is 12.1 Å². The average Bonchev–Trinajstić information content (AvgIpc) is 2.50. The van der Waals surface area contributed by atoms with E-state index in [2.05, 4.69) is 15.9 Å². The van der Waals surface area contributed by atoms with Crippen molar-refractivity contribution in [1.29, 1.82) is 0 Å². The number of ether oxygens (including phenoxy) is 1. The minimum Gasteiger partial charge on any atom is -0.395 e. The molecule has 0 saturated carbocycles. The highest BCUT2D eigenvalue weighted by Crippen LogP contribution is 2.36. The van der Waals surface area contributed by atoms with E-state index in [0.717, 1.165) is 15.1 Å². The molecule has 1 aliphatic heterocycles. The SMILES string of the molecule is O=S(=O)(c1ccc(Br)s1)C1(CO)COC1. The molecule has 4 nitrogen and oxygen atoms in total. The first kappa shape index (κ1) is 11.5. The van der Waals surface area contributed by atoms with E-state index in [-0.39, 0.29) is 17.4 Å². The molecule has 0 spiro atoms. The van der Waals surface area contributed by atoms with Gasteiger partial charge in [0.05, 0.1) is 23.6 Å². The number of sulfone groups is 1. The van der Waals surface area contributed by atoms with Crippen molar-refractivity contribution in [3.05, 3.63) is 15.9 Å². The van der Waals surface area contributed by atoms with Crippen molar-refractivity contribution in [2.24, 2.45) is 0 Å². The van der Waals surface area contributed by atoms with E-state index >= 15 is 0 Å². The van der Waals surface area contributed by atoms with Crippen LogP contribution in [-0.4, -0.2) is 38.1 Å². The van der Waals surface area contributed by atoms with Gasteiger partial charge < -0.3 is 9.84 Å². The van der Waals surface area contributed by atoms with Crippen LogP contribution in [0.3, 0.4) is 0 Å².